The van der Waals surface area contributed by atoms with Gasteiger partial charge in [-0.2, -0.15) is 0 Å². The van der Waals surface area contributed by atoms with Gasteiger partial charge in [-0.15, -0.1) is 0 Å². The molecule has 2 aromatic rings. The van der Waals surface area contributed by atoms with Gasteiger partial charge in [0.1, 0.15) is 16.7 Å². The van der Waals surface area contributed by atoms with E-state index in [9.17, 15) is 14.1 Å². The number of nitrogens with two attached hydrogens (primary N) is 1. The van der Waals surface area contributed by atoms with E-state index >= 15 is 0 Å². The number of carbonyl (C=O) groups is 1. The van der Waals surface area contributed by atoms with E-state index in [1.54, 1.807) is 30.3 Å². The highest BCUT2D eigenvalue weighted by atomic mass is 35.5. The summed E-state index contributed by atoms with van der Waals surface area (Å²) in [5.41, 5.74) is 7.13. The van der Waals surface area contributed by atoms with Crippen LogP contribution in [0.3, 0.4) is 0 Å². The molecule has 4 N–H and O–H groups in total. The monoisotopic (exact) mass is 435 g/mol. The summed E-state index contributed by atoms with van der Waals surface area (Å²) in [7, 11) is -1.52. The predicted octanol–water partition coefficient (Wildman–Crippen LogP) is 2.91. The van der Waals surface area contributed by atoms with Crippen LogP contribution in [0.25, 0.3) is 11.1 Å². The third-order valence-corrected chi connectivity index (χ3v) is 6.61. The van der Waals surface area contributed by atoms with E-state index in [1.807, 2.05) is 11.0 Å². The molecule has 29 heavy (non-hydrogen) atoms. The molecule has 2 aromatic carbocycles. The molecule has 0 aromatic heterocycles. The summed E-state index contributed by atoms with van der Waals surface area (Å²) < 4.78 is 15.5. The average molecular weight is 436 g/mol. The Morgan fingerprint density at radius 3 is 2.69 bits per heavy atom. The highest BCUT2D eigenvalue weighted by Gasteiger charge is 2.22. The summed E-state index contributed by atoms with van der Waals surface area (Å²) in [6.07, 6.45) is 2.95. The Morgan fingerprint density at radius 1 is 1.24 bits per heavy atom. The van der Waals surface area contributed by atoms with E-state index in [1.165, 1.54) is 6.07 Å². The number of hydrogen-bond donors (Lipinski definition) is 3. The Hall–Kier alpha value is -1.93. The van der Waals surface area contributed by atoms with Crippen LogP contribution in [0.1, 0.15) is 19.3 Å². The molecule has 1 atom stereocenters. The zero-order valence-electron chi connectivity index (χ0n) is 16.1. The number of nitrogens with zero attached hydrogens (tertiary/aromatic N) is 1. The van der Waals surface area contributed by atoms with Crippen LogP contribution in [-0.4, -0.2) is 46.3 Å². The molecule has 1 fully saturated rings. The van der Waals surface area contributed by atoms with Crippen LogP contribution >= 0.6 is 11.6 Å². The number of hydrogen-bond acceptors (Lipinski definition) is 4. The predicted molar refractivity (Wildman–Crippen MR) is 116 cm³/mol. The smallest absolute Gasteiger partial charge is 0.237 e. The summed E-state index contributed by atoms with van der Waals surface area (Å²) >= 11 is 6.21. The Bertz CT molecular complexity index is 885. The van der Waals surface area contributed by atoms with Crippen LogP contribution in [0, 0.1) is 5.92 Å². The van der Waals surface area contributed by atoms with Gasteiger partial charge in [-0.1, -0.05) is 23.7 Å². The summed E-state index contributed by atoms with van der Waals surface area (Å²) in [4.78, 5) is 14.8. The molecule has 1 unspecified atom stereocenters. The Balaban J connectivity index is 1.58. The quantitative estimate of drug-likeness (QED) is 0.623. The summed E-state index contributed by atoms with van der Waals surface area (Å²) in [5, 5.41) is 9.92. The van der Waals surface area contributed by atoms with Gasteiger partial charge in [0.15, 0.2) is 0 Å². The number of halogens is 1. The molecule has 6 nitrogen and oxygen atoms in total. The van der Waals surface area contributed by atoms with E-state index in [0.29, 0.717) is 22.4 Å². The minimum Gasteiger partial charge on any atom is -0.508 e. The molecule has 1 amide bonds. The number of rotatable bonds is 7. The van der Waals surface area contributed by atoms with Crippen LogP contribution in [0.15, 0.2) is 47.4 Å². The average Bonchev–Trinajstić information content (AvgIpc) is 2.72. The van der Waals surface area contributed by atoms with Crippen molar-refractivity contribution in [2.45, 2.75) is 24.2 Å². The molecule has 1 aliphatic heterocycles. The molecule has 0 radical (unpaired) electrons. The molecule has 3 rings (SSSR count). The molecular formula is C21H26ClN3O3S. The number of carbonyl (C=O) groups excluding carboxylic acids is 1. The second-order valence-electron chi connectivity index (χ2n) is 7.18. The van der Waals surface area contributed by atoms with Gasteiger partial charge in [0.25, 0.3) is 0 Å². The van der Waals surface area contributed by atoms with Gasteiger partial charge in [0.2, 0.25) is 5.91 Å². The third kappa shape index (κ3) is 5.79. The molecule has 0 saturated carbocycles. The zero-order valence-corrected chi connectivity index (χ0v) is 17.7. The fraction of sp³-hybridized carbons (Fsp3) is 0.381. The number of likely N-dealkylation sites (tertiary alicyclic amines) is 1. The second kappa shape index (κ2) is 10.2. The SMILES string of the molecule is NCCC1CCN(C(=O)CNS(=O)c2cccc(-c3ccc(O)cc3Cl)c2)CC1. The van der Waals surface area contributed by atoms with E-state index < -0.39 is 11.0 Å². The Labute approximate surface area is 178 Å². The molecular weight excluding hydrogens is 410 g/mol. The van der Waals surface area contributed by atoms with Crippen molar-refractivity contribution >= 4 is 28.5 Å². The number of nitrogens with one attached hydrogen (secondary N) is 1. The number of benzene rings is 2. The van der Waals surface area contributed by atoms with Crippen molar-refractivity contribution in [3.05, 3.63) is 47.5 Å². The van der Waals surface area contributed by atoms with Gasteiger partial charge in [-0.25, -0.2) is 8.93 Å². The van der Waals surface area contributed by atoms with Crippen LogP contribution in [0.5, 0.6) is 5.75 Å². The molecule has 0 aliphatic carbocycles. The highest BCUT2D eigenvalue weighted by molar-refractivity contribution is 7.83. The largest absolute Gasteiger partial charge is 0.508 e. The maximum Gasteiger partial charge on any atom is 0.237 e. The minimum absolute atomic E-state index is 0.0262. The number of phenolic OH excluding ortho intramolecular Hbond substituents is 1. The molecule has 1 heterocycles. The van der Waals surface area contributed by atoms with Crippen LogP contribution in [0.4, 0.5) is 0 Å². The molecule has 1 saturated heterocycles. The fourth-order valence-electron chi connectivity index (χ4n) is 3.55. The van der Waals surface area contributed by atoms with E-state index in [2.05, 4.69) is 4.72 Å². The Morgan fingerprint density at radius 2 is 2.00 bits per heavy atom. The van der Waals surface area contributed by atoms with Crippen LogP contribution < -0.4 is 10.5 Å². The normalized spacial score (nSPS) is 16.0. The first-order valence-electron chi connectivity index (χ1n) is 9.70. The number of aromatic hydroxyl groups is 1. The van der Waals surface area contributed by atoms with Crippen LogP contribution in [-0.2, 0) is 15.8 Å². The third-order valence-electron chi connectivity index (χ3n) is 5.21. The number of amides is 1. The standard InChI is InChI=1S/C21H26ClN3O3S/c22-20-13-17(26)4-5-19(20)16-2-1-3-18(12-16)29(28)24-14-21(27)25-10-7-15(6-9-23)8-11-25/h1-5,12-13,15,24,26H,6-11,14,23H2. The first-order chi connectivity index (χ1) is 14.0. The van der Waals surface area contributed by atoms with E-state index in [0.717, 1.165) is 43.5 Å². The lowest BCUT2D eigenvalue weighted by Gasteiger charge is -2.31. The summed E-state index contributed by atoms with van der Waals surface area (Å²) in [6, 6.07) is 11.9. The topological polar surface area (TPSA) is 95.7 Å². The first kappa shape index (κ1) is 21.8. The molecule has 0 spiro atoms. The lowest BCUT2D eigenvalue weighted by Crippen LogP contribution is -2.43. The lowest BCUT2D eigenvalue weighted by molar-refractivity contribution is -0.131. The van der Waals surface area contributed by atoms with Gasteiger partial charge in [-0.05, 0) is 67.6 Å². The van der Waals surface area contributed by atoms with Crippen molar-refractivity contribution in [1.29, 1.82) is 0 Å². The molecule has 8 heteroatoms. The maximum absolute atomic E-state index is 12.6. The number of phenols is 1. The number of piperidine rings is 1. The zero-order chi connectivity index (χ0) is 20.8. The van der Waals surface area contributed by atoms with Crippen molar-refractivity contribution in [3.8, 4) is 16.9 Å². The van der Waals surface area contributed by atoms with E-state index in [-0.39, 0.29) is 18.2 Å². The Kier molecular flexibility index (Phi) is 7.66. The van der Waals surface area contributed by atoms with Gasteiger partial charge >= 0.3 is 0 Å². The summed E-state index contributed by atoms with van der Waals surface area (Å²) in [5.74, 6) is 0.647. The summed E-state index contributed by atoms with van der Waals surface area (Å²) in [6.45, 7) is 2.17. The molecule has 156 valence electrons. The van der Waals surface area contributed by atoms with Crippen molar-refractivity contribution in [2.75, 3.05) is 26.2 Å². The molecule has 0 bridgehead atoms. The second-order valence-corrected chi connectivity index (χ2v) is 8.89. The van der Waals surface area contributed by atoms with Crippen molar-refractivity contribution in [3.63, 3.8) is 0 Å². The highest BCUT2D eigenvalue weighted by Crippen LogP contribution is 2.31. The van der Waals surface area contributed by atoms with E-state index in [4.69, 9.17) is 17.3 Å². The maximum atomic E-state index is 12.6. The van der Waals surface area contributed by atoms with Gasteiger partial charge < -0.3 is 15.7 Å². The van der Waals surface area contributed by atoms with Crippen molar-refractivity contribution < 1.29 is 14.1 Å². The van der Waals surface area contributed by atoms with Crippen molar-refractivity contribution in [2.24, 2.45) is 11.7 Å². The van der Waals surface area contributed by atoms with Gasteiger partial charge in [-0.3, -0.25) is 4.79 Å². The van der Waals surface area contributed by atoms with Gasteiger partial charge in [0, 0.05) is 18.7 Å². The van der Waals surface area contributed by atoms with Gasteiger partial charge in [0.05, 0.1) is 16.5 Å². The van der Waals surface area contributed by atoms with Crippen LogP contribution in [0.2, 0.25) is 5.02 Å². The molecule has 1 aliphatic rings. The lowest BCUT2D eigenvalue weighted by atomic mass is 9.93. The van der Waals surface area contributed by atoms with Crippen molar-refractivity contribution in [1.82, 2.24) is 9.62 Å². The fourth-order valence-corrected chi connectivity index (χ4v) is 4.69. The first-order valence-corrected chi connectivity index (χ1v) is 11.2. The minimum atomic E-state index is -1.52.